The van der Waals surface area contributed by atoms with Crippen molar-refractivity contribution < 1.29 is 9.53 Å². The fraction of sp³-hybridized carbons (Fsp3) is 0.462. The molecule has 0 radical (unpaired) electrons. The van der Waals surface area contributed by atoms with Gasteiger partial charge in [-0.1, -0.05) is 37.3 Å². The number of carbonyl (C=O) groups is 1. The van der Waals surface area contributed by atoms with Gasteiger partial charge in [-0.25, -0.2) is 0 Å². The number of benzene rings is 1. The van der Waals surface area contributed by atoms with Crippen LogP contribution in [0.3, 0.4) is 0 Å². The van der Waals surface area contributed by atoms with Crippen molar-refractivity contribution in [2.45, 2.75) is 19.4 Å². The molecule has 1 N–H and O–H groups in total. The van der Waals surface area contributed by atoms with Gasteiger partial charge in [0.25, 0.3) is 0 Å². The highest BCUT2D eigenvalue weighted by atomic mass is 16.5. The van der Waals surface area contributed by atoms with Gasteiger partial charge in [-0.3, -0.25) is 4.79 Å². The summed E-state index contributed by atoms with van der Waals surface area (Å²) in [6.07, 6.45) is 0.528. The summed E-state index contributed by atoms with van der Waals surface area (Å²) in [6.45, 7) is 2.68. The molecule has 1 fully saturated rings. The standard InChI is InChI=1S/C13H17NO2/c1-13(9-16-2)8-11(15)14-12(13)10-6-4-3-5-7-10/h3-7,12H,8-9H2,1-2H3,(H,14,15). The predicted octanol–water partition coefficient (Wildman–Crippen LogP) is 1.90. The minimum atomic E-state index is -0.146. The molecular formula is C13H17NO2. The van der Waals surface area contributed by atoms with Crippen LogP contribution in [0.2, 0.25) is 0 Å². The fourth-order valence-corrected chi connectivity index (χ4v) is 2.45. The molecule has 16 heavy (non-hydrogen) atoms. The summed E-state index contributed by atoms with van der Waals surface area (Å²) >= 11 is 0. The number of rotatable bonds is 3. The van der Waals surface area contributed by atoms with Crippen LogP contribution in [-0.2, 0) is 9.53 Å². The normalized spacial score (nSPS) is 29.1. The van der Waals surface area contributed by atoms with Crippen molar-refractivity contribution in [3.63, 3.8) is 0 Å². The van der Waals surface area contributed by atoms with E-state index in [0.717, 1.165) is 5.56 Å². The Kier molecular flexibility index (Phi) is 2.97. The molecule has 0 bridgehead atoms. The van der Waals surface area contributed by atoms with E-state index in [4.69, 9.17) is 4.74 Å². The summed E-state index contributed by atoms with van der Waals surface area (Å²) in [4.78, 5) is 11.6. The van der Waals surface area contributed by atoms with Crippen molar-refractivity contribution in [2.24, 2.45) is 5.41 Å². The Labute approximate surface area is 95.8 Å². The Morgan fingerprint density at radius 2 is 2.12 bits per heavy atom. The Balaban J connectivity index is 2.29. The molecule has 0 saturated carbocycles. The molecule has 2 unspecified atom stereocenters. The van der Waals surface area contributed by atoms with Crippen LogP contribution in [0, 0.1) is 5.41 Å². The smallest absolute Gasteiger partial charge is 0.221 e. The Morgan fingerprint density at radius 3 is 2.75 bits per heavy atom. The molecule has 1 aromatic rings. The number of hydrogen-bond donors (Lipinski definition) is 1. The largest absolute Gasteiger partial charge is 0.384 e. The van der Waals surface area contributed by atoms with Crippen LogP contribution in [0.4, 0.5) is 0 Å². The molecule has 1 amide bonds. The quantitative estimate of drug-likeness (QED) is 0.843. The SMILES string of the molecule is COCC1(C)CC(=O)NC1c1ccccc1. The van der Waals surface area contributed by atoms with Crippen LogP contribution in [0.1, 0.15) is 24.9 Å². The summed E-state index contributed by atoms with van der Waals surface area (Å²) in [5.74, 6) is 0.105. The molecule has 3 heteroatoms. The third kappa shape index (κ3) is 1.95. The molecule has 1 saturated heterocycles. The molecular weight excluding hydrogens is 202 g/mol. The Morgan fingerprint density at radius 1 is 1.44 bits per heavy atom. The van der Waals surface area contributed by atoms with Gasteiger partial charge in [0.2, 0.25) is 5.91 Å². The van der Waals surface area contributed by atoms with Crippen molar-refractivity contribution >= 4 is 5.91 Å². The van der Waals surface area contributed by atoms with Crippen molar-refractivity contribution in [2.75, 3.05) is 13.7 Å². The van der Waals surface area contributed by atoms with Gasteiger partial charge in [0, 0.05) is 18.9 Å². The van der Waals surface area contributed by atoms with Crippen molar-refractivity contribution in [3.8, 4) is 0 Å². The lowest BCUT2D eigenvalue weighted by Crippen LogP contribution is -2.30. The van der Waals surface area contributed by atoms with E-state index in [1.54, 1.807) is 7.11 Å². The van der Waals surface area contributed by atoms with Gasteiger partial charge in [0.1, 0.15) is 0 Å². The number of nitrogens with one attached hydrogen (secondary N) is 1. The van der Waals surface area contributed by atoms with Gasteiger partial charge in [0.15, 0.2) is 0 Å². The zero-order valence-electron chi connectivity index (χ0n) is 9.69. The van der Waals surface area contributed by atoms with Gasteiger partial charge < -0.3 is 10.1 Å². The van der Waals surface area contributed by atoms with Gasteiger partial charge in [-0.05, 0) is 5.56 Å². The first-order chi connectivity index (χ1) is 7.65. The lowest BCUT2D eigenvalue weighted by atomic mass is 9.80. The first-order valence-corrected chi connectivity index (χ1v) is 5.49. The molecule has 3 nitrogen and oxygen atoms in total. The second-order valence-electron chi connectivity index (χ2n) is 4.68. The molecule has 2 atom stereocenters. The van der Waals surface area contributed by atoms with E-state index in [-0.39, 0.29) is 17.4 Å². The maximum Gasteiger partial charge on any atom is 0.221 e. The summed E-state index contributed by atoms with van der Waals surface area (Å²) in [5, 5.41) is 3.03. The highest BCUT2D eigenvalue weighted by molar-refractivity contribution is 5.80. The summed E-state index contributed by atoms with van der Waals surface area (Å²) < 4.78 is 5.24. The summed E-state index contributed by atoms with van der Waals surface area (Å²) in [6, 6.07) is 10.1. The van der Waals surface area contributed by atoms with Gasteiger partial charge >= 0.3 is 0 Å². The van der Waals surface area contributed by atoms with Crippen molar-refractivity contribution in [1.29, 1.82) is 0 Å². The summed E-state index contributed by atoms with van der Waals surface area (Å²) in [5.41, 5.74) is 1.00. The van der Waals surface area contributed by atoms with Crippen LogP contribution in [-0.4, -0.2) is 19.6 Å². The number of ether oxygens (including phenoxy) is 1. The number of hydrogen-bond acceptors (Lipinski definition) is 2. The van der Waals surface area contributed by atoms with E-state index >= 15 is 0 Å². The van der Waals surface area contributed by atoms with E-state index < -0.39 is 0 Å². The van der Waals surface area contributed by atoms with Crippen LogP contribution >= 0.6 is 0 Å². The molecule has 0 aliphatic carbocycles. The number of amides is 1. The highest BCUT2D eigenvalue weighted by Gasteiger charge is 2.43. The van der Waals surface area contributed by atoms with E-state index in [0.29, 0.717) is 13.0 Å². The minimum Gasteiger partial charge on any atom is -0.384 e. The maximum atomic E-state index is 11.6. The van der Waals surface area contributed by atoms with Crippen LogP contribution in [0.15, 0.2) is 30.3 Å². The molecule has 1 aliphatic rings. The van der Waals surface area contributed by atoms with Crippen molar-refractivity contribution in [1.82, 2.24) is 5.32 Å². The van der Waals surface area contributed by atoms with Crippen molar-refractivity contribution in [3.05, 3.63) is 35.9 Å². The average Bonchev–Trinajstić information content (AvgIpc) is 2.56. The molecule has 0 aromatic heterocycles. The third-order valence-corrected chi connectivity index (χ3v) is 3.17. The fourth-order valence-electron chi connectivity index (χ4n) is 2.45. The van der Waals surface area contributed by atoms with Gasteiger partial charge in [0.05, 0.1) is 12.6 Å². The average molecular weight is 219 g/mol. The predicted molar refractivity (Wildman–Crippen MR) is 61.9 cm³/mol. The minimum absolute atomic E-state index is 0.0566. The van der Waals surface area contributed by atoms with Crippen LogP contribution in [0.5, 0.6) is 0 Å². The third-order valence-electron chi connectivity index (χ3n) is 3.17. The first-order valence-electron chi connectivity index (χ1n) is 5.49. The van der Waals surface area contributed by atoms with Gasteiger partial charge in [-0.15, -0.1) is 0 Å². The van der Waals surface area contributed by atoms with E-state index in [9.17, 15) is 4.79 Å². The molecule has 1 aliphatic heterocycles. The zero-order chi connectivity index (χ0) is 11.6. The second kappa shape index (κ2) is 4.26. The molecule has 0 spiro atoms. The molecule has 2 rings (SSSR count). The lowest BCUT2D eigenvalue weighted by Gasteiger charge is -2.29. The number of methoxy groups -OCH3 is 1. The van der Waals surface area contributed by atoms with E-state index in [1.165, 1.54) is 0 Å². The van der Waals surface area contributed by atoms with E-state index in [2.05, 4.69) is 12.2 Å². The first kappa shape index (κ1) is 11.1. The molecule has 86 valence electrons. The molecule has 1 aromatic carbocycles. The number of carbonyl (C=O) groups excluding carboxylic acids is 1. The second-order valence-corrected chi connectivity index (χ2v) is 4.68. The maximum absolute atomic E-state index is 11.6. The monoisotopic (exact) mass is 219 g/mol. The lowest BCUT2D eigenvalue weighted by molar-refractivity contribution is -0.119. The van der Waals surface area contributed by atoms with Crippen LogP contribution < -0.4 is 5.32 Å². The Hall–Kier alpha value is -1.35. The Bertz CT molecular complexity index is 377. The highest BCUT2D eigenvalue weighted by Crippen LogP contribution is 2.41. The van der Waals surface area contributed by atoms with Crippen LogP contribution in [0.25, 0.3) is 0 Å². The van der Waals surface area contributed by atoms with E-state index in [1.807, 2.05) is 30.3 Å². The van der Waals surface area contributed by atoms with Gasteiger partial charge in [-0.2, -0.15) is 0 Å². The topological polar surface area (TPSA) is 38.3 Å². The zero-order valence-corrected chi connectivity index (χ0v) is 9.69. The summed E-state index contributed by atoms with van der Waals surface area (Å²) in [7, 11) is 1.68. The molecule has 1 heterocycles.